The highest BCUT2D eigenvalue weighted by Gasteiger charge is 2.20. The third kappa shape index (κ3) is 3.69. The molecule has 1 aliphatic rings. The van der Waals surface area contributed by atoms with Gasteiger partial charge in [0.1, 0.15) is 0 Å². The number of ether oxygens (including phenoxy) is 1. The summed E-state index contributed by atoms with van der Waals surface area (Å²) in [7, 11) is 0. The first-order valence-corrected chi connectivity index (χ1v) is 5.19. The predicted molar refractivity (Wildman–Crippen MR) is 53.4 cm³/mol. The molecule has 0 saturated heterocycles. The van der Waals surface area contributed by atoms with E-state index in [9.17, 15) is 8.78 Å². The normalized spacial score (nSPS) is 15.4. The predicted octanol–water partition coefficient (Wildman–Crippen LogP) is 1.37. The van der Waals surface area contributed by atoms with Crippen LogP contribution in [0.2, 0.25) is 0 Å². The highest BCUT2D eigenvalue weighted by atomic mass is 19.3. The van der Waals surface area contributed by atoms with Gasteiger partial charge in [-0.05, 0) is 12.8 Å². The molecule has 6 heteroatoms. The third-order valence-corrected chi connectivity index (χ3v) is 2.19. The molecular weight excluding hydrogens is 216 g/mol. The number of nitrogens with one attached hydrogen (secondary N) is 1. The van der Waals surface area contributed by atoms with Crippen molar-refractivity contribution in [1.82, 2.24) is 15.3 Å². The average molecular weight is 229 g/mol. The first-order valence-electron chi connectivity index (χ1n) is 5.19. The van der Waals surface area contributed by atoms with E-state index in [0.717, 1.165) is 5.69 Å². The Morgan fingerprint density at radius 1 is 1.38 bits per heavy atom. The summed E-state index contributed by atoms with van der Waals surface area (Å²) in [5.41, 5.74) is 0.788. The topological polar surface area (TPSA) is 47.0 Å². The minimum absolute atomic E-state index is 0.135. The van der Waals surface area contributed by atoms with Gasteiger partial charge >= 0.3 is 0 Å². The van der Waals surface area contributed by atoms with Crippen LogP contribution >= 0.6 is 0 Å². The molecule has 0 radical (unpaired) electrons. The molecule has 0 bridgehead atoms. The van der Waals surface area contributed by atoms with Gasteiger partial charge in [-0.2, -0.15) is 0 Å². The Bertz CT molecular complexity index is 302. The minimum atomic E-state index is -2.49. The van der Waals surface area contributed by atoms with Crippen molar-refractivity contribution in [2.75, 3.05) is 6.61 Å². The van der Waals surface area contributed by atoms with Crippen molar-refractivity contribution in [2.24, 2.45) is 0 Å². The van der Waals surface area contributed by atoms with Crippen LogP contribution in [0.3, 0.4) is 0 Å². The summed E-state index contributed by atoms with van der Waals surface area (Å²) in [5.74, 6) is 0.135. The number of nitrogens with zero attached hydrogens (tertiary/aromatic N) is 2. The first-order chi connectivity index (χ1) is 7.74. The number of halogens is 2. The molecule has 0 aromatic carbocycles. The Kier molecular flexibility index (Phi) is 3.61. The average Bonchev–Trinajstić information content (AvgIpc) is 3.09. The molecule has 1 fully saturated rings. The first kappa shape index (κ1) is 11.2. The molecule has 0 amide bonds. The fourth-order valence-electron chi connectivity index (χ4n) is 1.19. The Morgan fingerprint density at radius 2 is 2.19 bits per heavy atom. The van der Waals surface area contributed by atoms with Gasteiger partial charge in [-0.3, -0.25) is 4.98 Å². The second kappa shape index (κ2) is 5.16. The molecule has 1 aliphatic carbocycles. The maximum absolute atomic E-state index is 11.8. The van der Waals surface area contributed by atoms with E-state index in [-0.39, 0.29) is 5.88 Å². The van der Waals surface area contributed by atoms with E-state index in [0.29, 0.717) is 12.6 Å². The van der Waals surface area contributed by atoms with Crippen LogP contribution in [-0.2, 0) is 6.54 Å². The molecule has 1 aromatic rings. The van der Waals surface area contributed by atoms with E-state index >= 15 is 0 Å². The second-order valence-corrected chi connectivity index (χ2v) is 3.70. The number of hydrogen-bond acceptors (Lipinski definition) is 4. The van der Waals surface area contributed by atoms with Gasteiger partial charge in [0.15, 0.2) is 6.61 Å². The molecule has 1 aromatic heterocycles. The molecule has 0 aliphatic heterocycles. The van der Waals surface area contributed by atoms with Crippen molar-refractivity contribution >= 4 is 0 Å². The van der Waals surface area contributed by atoms with Crippen LogP contribution < -0.4 is 10.1 Å². The van der Waals surface area contributed by atoms with E-state index in [2.05, 4.69) is 15.3 Å². The van der Waals surface area contributed by atoms with Crippen molar-refractivity contribution in [3.8, 4) is 5.88 Å². The van der Waals surface area contributed by atoms with Gasteiger partial charge in [0.2, 0.25) is 5.88 Å². The zero-order valence-electron chi connectivity index (χ0n) is 8.70. The van der Waals surface area contributed by atoms with Crippen LogP contribution in [-0.4, -0.2) is 29.0 Å². The molecule has 0 atom stereocenters. The third-order valence-electron chi connectivity index (χ3n) is 2.19. The Morgan fingerprint density at radius 3 is 2.75 bits per heavy atom. The highest BCUT2D eigenvalue weighted by Crippen LogP contribution is 2.19. The summed E-state index contributed by atoms with van der Waals surface area (Å²) in [6, 6.07) is 0.608. The van der Waals surface area contributed by atoms with Crippen LogP contribution in [0.15, 0.2) is 12.4 Å². The monoisotopic (exact) mass is 229 g/mol. The van der Waals surface area contributed by atoms with Gasteiger partial charge in [-0.1, -0.05) is 0 Å². The van der Waals surface area contributed by atoms with E-state index < -0.39 is 13.0 Å². The van der Waals surface area contributed by atoms with Gasteiger partial charge in [-0.15, -0.1) is 0 Å². The Balaban J connectivity index is 1.78. The zero-order valence-corrected chi connectivity index (χ0v) is 8.70. The van der Waals surface area contributed by atoms with Crippen LogP contribution in [0.4, 0.5) is 8.78 Å². The summed E-state index contributed by atoms with van der Waals surface area (Å²) in [4.78, 5) is 7.95. The number of alkyl halides is 2. The smallest absolute Gasteiger partial charge is 0.272 e. The van der Waals surface area contributed by atoms with Crippen LogP contribution in [0.25, 0.3) is 0 Å². The molecule has 1 heterocycles. The molecule has 88 valence electrons. The van der Waals surface area contributed by atoms with Gasteiger partial charge in [0.05, 0.1) is 18.1 Å². The molecule has 1 saturated carbocycles. The fourth-order valence-corrected chi connectivity index (χ4v) is 1.19. The Hall–Kier alpha value is -1.30. The van der Waals surface area contributed by atoms with Crippen LogP contribution in [0.1, 0.15) is 18.5 Å². The SMILES string of the molecule is FC(F)COc1cnc(CNC2CC2)cn1. The summed E-state index contributed by atoms with van der Waals surface area (Å²) in [6.45, 7) is 0.0150. The largest absolute Gasteiger partial charge is 0.470 e. The van der Waals surface area contributed by atoms with E-state index in [1.54, 1.807) is 0 Å². The second-order valence-electron chi connectivity index (χ2n) is 3.70. The number of aromatic nitrogens is 2. The Labute approximate surface area is 92.0 Å². The molecule has 16 heavy (non-hydrogen) atoms. The maximum atomic E-state index is 11.8. The summed E-state index contributed by atoms with van der Waals surface area (Å²) in [6.07, 6.45) is 2.84. The lowest BCUT2D eigenvalue weighted by atomic mass is 10.4. The zero-order chi connectivity index (χ0) is 11.4. The molecule has 4 nitrogen and oxygen atoms in total. The summed E-state index contributed by atoms with van der Waals surface area (Å²) < 4.78 is 28.4. The van der Waals surface area contributed by atoms with Gasteiger partial charge in [-0.25, -0.2) is 13.8 Å². The highest BCUT2D eigenvalue weighted by molar-refractivity contribution is 5.07. The lowest BCUT2D eigenvalue weighted by Crippen LogP contribution is -2.16. The van der Waals surface area contributed by atoms with Crippen molar-refractivity contribution in [1.29, 1.82) is 0 Å². The van der Waals surface area contributed by atoms with E-state index in [4.69, 9.17) is 4.74 Å². The van der Waals surface area contributed by atoms with Crippen molar-refractivity contribution < 1.29 is 13.5 Å². The molecule has 1 N–H and O–H groups in total. The van der Waals surface area contributed by atoms with Crippen molar-refractivity contribution in [3.05, 3.63) is 18.1 Å². The molecular formula is C10H13F2N3O. The van der Waals surface area contributed by atoms with Crippen LogP contribution in [0.5, 0.6) is 5.88 Å². The fraction of sp³-hybridized carbons (Fsp3) is 0.600. The quantitative estimate of drug-likeness (QED) is 0.800. The lowest BCUT2D eigenvalue weighted by molar-refractivity contribution is 0.0793. The number of hydrogen-bond donors (Lipinski definition) is 1. The van der Waals surface area contributed by atoms with E-state index in [1.807, 2.05) is 0 Å². The molecule has 2 rings (SSSR count). The molecule has 0 spiro atoms. The van der Waals surface area contributed by atoms with Gasteiger partial charge in [0.25, 0.3) is 6.43 Å². The minimum Gasteiger partial charge on any atom is -0.470 e. The van der Waals surface area contributed by atoms with Crippen LogP contribution in [0, 0.1) is 0 Å². The van der Waals surface area contributed by atoms with Gasteiger partial charge < -0.3 is 10.1 Å². The van der Waals surface area contributed by atoms with Crippen molar-refractivity contribution in [2.45, 2.75) is 31.9 Å². The maximum Gasteiger partial charge on any atom is 0.272 e. The summed E-state index contributed by atoms with van der Waals surface area (Å²) in [5, 5.41) is 3.28. The lowest BCUT2D eigenvalue weighted by Gasteiger charge is -2.05. The molecule has 0 unspecified atom stereocenters. The van der Waals surface area contributed by atoms with Crippen molar-refractivity contribution in [3.63, 3.8) is 0 Å². The van der Waals surface area contributed by atoms with Gasteiger partial charge in [0, 0.05) is 12.6 Å². The number of rotatable bonds is 6. The summed E-state index contributed by atoms with van der Waals surface area (Å²) >= 11 is 0. The van der Waals surface area contributed by atoms with E-state index in [1.165, 1.54) is 25.2 Å². The standard InChI is InChI=1S/C10H13F2N3O/c11-9(12)6-16-10-5-14-8(4-15-10)3-13-7-1-2-7/h4-5,7,9,13H,1-3,6H2.